The van der Waals surface area contributed by atoms with E-state index in [0.717, 1.165) is 11.1 Å². The lowest BCUT2D eigenvalue weighted by molar-refractivity contribution is -0.121. The number of carbonyl (C=O) groups is 1. The first-order valence-electron chi connectivity index (χ1n) is 7.71. The van der Waals surface area contributed by atoms with Gasteiger partial charge in [0.05, 0.1) is 4.90 Å². The van der Waals surface area contributed by atoms with Gasteiger partial charge < -0.3 is 5.32 Å². The molecule has 1 aliphatic heterocycles. The van der Waals surface area contributed by atoms with Crippen LogP contribution in [0, 0.1) is 13.8 Å². The molecule has 122 valence electrons. The molecule has 0 saturated carbocycles. The van der Waals surface area contributed by atoms with Gasteiger partial charge in [-0.2, -0.15) is 4.31 Å². The van der Waals surface area contributed by atoms with Crippen LogP contribution < -0.4 is 5.32 Å². The molecule has 22 heavy (non-hydrogen) atoms. The number of aryl methyl sites for hydroxylation is 2. The van der Waals surface area contributed by atoms with Crippen LogP contribution in [0.2, 0.25) is 0 Å². The van der Waals surface area contributed by atoms with Gasteiger partial charge >= 0.3 is 0 Å². The van der Waals surface area contributed by atoms with Gasteiger partial charge in [-0.05, 0) is 49.9 Å². The topological polar surface area (TPSA) is 66.5 Å². The van der Waals surface area contributed by atoms with Crippen molar-refractivity contribution in [3.05, 3.63) is 29.3 Å². The van der Waals surface area contributed by atoms with Crippen molar-refractivity contribution in [2.45, 2.75) is 51.0 Å². The van der Waals surface area contributed by atoms with Gasteiger partial charge in [0.15, 0.2) is 0 Å². The molecule has 0 unspecified atom stereocenters. The third-order valence-corrected chi connectivity index (χ3v) is 6.15. The fraction of sp³-hybridized carbons (Fsp3) is 0.562. The van der Waals surface area contributed by atoms with E-state index in [4.69, 9.17) is 0 Å². The summed E-state index contributed by atoms with van der Waals surface area (Å²) < 4.78 is 26.9. The van der Waals surface area contributed by atoms with Gasteiger partial charge in [0, 0.05) is 25.6 Å². The summed E-state index contributed by atoms with van der Waals surface area (Å²) in [5.74, 6) is 0.0236. The van der Waals surface area contributed by atoms with Crippen molar-refractivity contribution in [3.8, 4) is 0 Å². The molecule has 5 nitrogen and oxygen atoms in total. The number of carbonyl (C=O) groups excluding carboxylic acids is 1. The van der Waals surface area contributed by atoms with E-state index in [9.17, 15) is 13.2 Å². The van der Waals surface area contributed by atoms with E-state index in [-0.39, 0.29) is 11.9 Å². The Labute approximate surface area is 132 Å². The maximum absolute atomic E-state index is 12.7. The molecule has 1 aliphatic rings. The van der Waals surface area contributed by atoms with Gasteiger partial charge in [-0.15, -0.1) is 0 Å². The summed E-state index contributed by atoms with van der Waals surface area (Å²) in [7, 11) is -3.44. The summed E-state index contributed by atoms with van der Waals surface area (Å²) >= 11 is 0. The van der Waals surface area contributed by atoms with Gasteiger partial charge in [0.2, 0.25) is 15.9 Å². The minimum atomic E-state index is -3.44. The second-order valence-electron chi connectivity index (χ2n) is 5.85. The van der Waals surface area contributed by atoms with Crippen LogP contribution in [-0.4, -0.2) is 37.8 Å². The highest BCUT2D eigenvalue weighted by Crippen LogP contribution is 2.22. The molecule has 2 rings (SSSR count). The number of nitrogens with zero attached hydrogens (tertiary/aromatic N) is 1. The highest BCUT2D eigenvalue weighted by Gasteiger charge is 2.29. The van der Waals surface area contributed by atoms with E-state index in [1.54, 1.807) is 12.1 Å². The van der Waals surface area contributed by atoms with E-state index in [1.165, 1.54) is 4.31 Å². The van der Waals surface area contributed by atoms with E-state index >= 15 is 0 Å². The summed E-state index contributed by atoms with van der Waals surface area (Å²) in [6, 6.07) is 5.33. The minimum absolute atomic E-state index is 0.0236. The lowest BCUT2D eigenvalue weighted by atomic mass is 10.1. The minimum Gasteiger partial charge on any atom is -0.353 e. The van der Waals surface area contributed by atoms with Crippen molar-refractivity contribution in [1.29, 1.82) is 0 Å². The van der Waals surface area contributed by atoms with E-state index < -0.39 is 10.0 Å². The van der Waals surface area contributed by atoms with Crippen LogP contribution >= 0.6 is 0 Å². The third kappa shape index (κ3) is 3.67. The fourth-order valence-corrected chi connectivity index (χ4v) is 4.15. The SMILES string of the molecule is CCC(=O)NC1CCN(S(=O)(=O)c2ccc(C)c(C)c2)CC1. The van der Waals surface area contributed by atoms with Crippen LogP contribution in [0.1, 0.15) is 37.3 Å². The van der Waals surface area contributed by atoms with Gasteiger partial charge in [-0.25, -0.2) is 8.42 Å². The molecular formula is C16H24N2O3S. The van der Waals surface area contributed by atoms with Crippen LogP contribution in [0.15, 0.2) is 23.1 Å². The molecule has 0 aliphatic carbocycles. The molecular weight excluding hydrogens is 300 g/mol. The Morgan fingerprint density at radius 1 is 1.23 bits per heavy atom. The molecule has 1 amide bonds. The number of nitrogens with one attached hydrogen (secondary N) is 1. The normalized spacial score (nSPS) is 17.4. The molecule has 1 aromatic rings. The lowest BCUT2D eigenvalue weighted by Gasteiger charge is -2.31. The number of piperidine rings is 1. The second kappa shape index (κ2) is 6.79. The van der Waals surface area contributed by atoms with E-state index in [1.807, 2.05) is 26.8 Å². The monoisotopic (exact) mass is 324 g/mol. The van der Waals surface area contributed by atoms with Gasteiger partial charge in [0.25, 0.3) is 0 Å². The maximum atomic E-state index is 12.7. The average Bonchev–Trinajstić information content (AvgIpc) is 2.50. The summed E-state index contributed by atoms with van der Waals surface area (Å²) in [6.07, 6.45) is 1.78. The van der Waals surface area contributed by atoms with Crippen LogP contribution in [0.4, 0.5) is 0 Å². The molecule has 1 heterocycles. The van der Waals surface area contributed by atoms with Crippen molar-refractivity contribution in [1.82, 2.24) is 9.62 Å². The summed E-state index contributed by atoms with van der Waals surface area (Å²) in [4.78, 5) is 11.8. The Bertz CT molecular complexity index is 647. The maximum Gasteiger partial charge on any atom is 0.243 e. The van der Waals surface area contributed by atoms with Crippen molar-refractivity contribution in [2.24, 2.45) is 0 Å². The first kappa shape index (κ1) is 17.0. The number of hydrogen-bond donors (Lipinski definition) is 1. The zero-order valence-corrected chi connectivity index (χ0v) is 14.2. The van der Waals surface area contributed by atoms with Crippen LogP contribution in [0.25, 0.3) is 0 Å². The van der Waals surface area contributed by atoms with E-state index in [0.29, 0.717) is 37.2 Å². The summed E-state index contributed by atoms with van der Waals surface area (Å²) in [6.45, 7) is 6.59. The first-order valence-corrected chi connectivity index (χ1v) is 9.15. The van der Waals surface area contributed by atoms with Gasteiger partial charge in [-0.1, -0.05) is 13.0 Å². The standard InChI is InChI=1S/C16H24N2O3S/c1-4-16(19)17-14-7-9-18(10-8-14)22(20,21)15-6-5-12(2)13(3)11-15/h5-6,11,14H,4,7-10H2,1-3H3,(H,17,19). The molecule has 0 aromatic heterocycles. The lowest BCUT2D eigenvalue weighted by Crippen LogP contribution is -2.46. The summed E-state index contributed by atoms with van der Waals surface area (Å²) in [5.41, 5.74) is 2.06. The molecule has 1 fully saturated rings. The first-order chi connectivity index (χ1) is 10.3. The number of benzene rings is 1. The Balaban J connectivity index is 2.06. The molecule has 0 atom stereocenters. The number of hydrogen-bond acceptors (Lipinski definition) is 3. The van der Waals surface area contributed by atoms with Gasteiger partial charge in [0.1, 0.15) is 0 Å². The number of amides is 1. The Kier molecular flexibility index (Phi) is 5.24. The molecule has 0 spiro atoms. The van der Waals surface area contributed by atoms with Crippen molar-refractivity contribution < 1.29 is 13.2 Å². The Morgan fingerprint density at radius 2 is 1.86 bits per heavy atom. The third-order valence-electron chi connectivity index (χ3n) is 4.26. The van der Waals surface area contributed by atoms with Crippen molar-refractivity contribution in [2.75, 3.05) is 13.1 Å². The van der Waals surface area contributed by atoms with Crippen LogP contribution in [0.5, 0.6) is 0 Å². The average molecular weight is 324 g/mol. The highest BCUT2D eigenvalue weighted by molar-refractivity contribution is 7.89. The second-order valence-corrected chi connectivity index (χ2v) is 7.78. The largest absolute Gasteiger partial charge is 0.353 e. The molecule has 0 bridgehead atoms. The molecule has 1 N–H and O–H groups in total. The molecule has 1 saturated heterocycles. The Hall–Kier alpha value is -1.40. The van der Waals surface area contributed by atoms with Crippen molar-refractivity contribution in [3.63, 3.8) is 0 Å². The summed E-state index contributed by atoms with van der Waals surface area (Å²) in [5, 5.41) is 2.94. The zero-order valence-electron chi connectivity index (χ0n) is 13.4. The van der Waals surface area contributed by atoms with Crippen LogP contribution in [0.3, 0.4) is 0 Å². The predicted molar refractivity (Wildman–Crippen MR) is 86.1 cm³/mol. The van der Waals surface area contributed by atoms with Gasteiger partial charge in [-0.3, -0.25) is 4.79 Å². The predicted octanol–water partition coefficient (Wildman–Crippen LogP) is 1.98. The van der Waals surface area contributed by atoms with Crippen molar-refractivity contribution >= 4 is 15.9 Å². The molecule has 6 heteroatoms. The van der Waals surface area contributed by atoms with Crippen LogP contribution in [-0.2, 0) is 14.8 Å². The number of sulfonamides is 1. The quantitative estimate of drug-likeness (QED) is 0.921. The highest BCUT2D eigenvalue weighted by atomic mass is 32.2. The zero-order chi connectivity index (χ0) is 16.3. The van der Waals surface area contributed by atoms with E-state index in [2.05, 4.69) is 5.32 Å². The Morgan fingerprint density at radius 3 is 2.41 bits per heavy atom. The number of rotatable bonds is 4. The molecule has 0 radical (unpaired) electrons. The smallest absolute Gasteiger partial charge is 0.243 e. The molecule has 1 aromatic carbocycles. The fourth-order valence-electron chi connectivity index (χ4n) is 2.59.